The third-order valence-electron chi connectivity index (χ3n) is 5.32. The summed E-state index contributed by atoms with van der Waals surface area (Å²) in [6.07, 6.45) is 0. The van der Waals surface area contributed by atoms with Crippen molar-refractivity contribution in [3.63, 3.8) is 0 Å². The minimum absolute atomic E-state index is 0.0664. The second-order valence-electron chi connectivity index (χ2n) is 7.60. The lowest BCUT2D eigenvalue weighted by Crippen LogP contribution is -2.50. The van der Waals surface area contributed by atoms with E-state index >= 15 is 0 Å². The number of hydrogen-bond acceptors (Lipinski definition) is 4. The van der Waals surface area contributed by atoms with Crippen LogP contribution in [0.4, 0.5) is 5.69 Å². The highest BCUT2D eigenvalue weighted by molar-refractivity contribution is 9.10. The normalized spacial score (nSPS) is 12.0. The molecule has 3 aromatic rings. The topological polar surface area (TPSA) is 86.8 Å². The molecule has 34 heavy (non-hydrogen) atoms. The number of carbonyl (C=O) groups is 2. The average molecular weight is 544 g/mol. The fourth-order valence-electron chi connectivity index (χ4n) is 3.45. The third kappa shape index (κ3) is 6.03. The molecule has 0 fully saturated rings. The van der Waals surface area contributed by atoms with Crippen LogP contribution in [0.2, 0.25) is 0 Å². The first-order valence-electron chi connectivity index (χ1n) is 10.6. The van der Waals surface area contributed by atoms with Gasteiger partial charge in [0, 0.05) is 18.1 Å². The molecule has 0 heterocycles. The van der Waals surface area contributed by atoms with Crippen molar-refractivity contribution in [2.24, 2.45) is 0 Å². The Balaban J connectivity index is 2.01. The van der Waals surface area contributed by atoms with Gasteiger partial charge in [0.1, 0.15) is 12.6 Å². The molecule has 178 valence electrons. The van der Waals surface area contributed by atoms with E-state index in [0.29, 0.717) is 10.2 Å². The Morgan fingerprint density at radius 2 is 1.56 bits per heavy atom. The molecule has 0 saturated heterocycles. The van der Waals surface area contributed by atoms with Crippen molar-refractivity contribution in [1.82, 2.24) is 10.2 Å². The van der Waals surface area contributed by atoms with Crippen molar-refractivity contribution in [2.75, 3.05) is 17.9 Å². The Morgan fingerprint density at radius 1 is 0.941 bits per heavy atom. The van der Waals surface area contributed by atoms with E-state index in [-0.39, 0.29) is 17.3 Å². The van der Waals surface area contributed by atoms with E-state index in [1.165, 1.54) is 24.1 Å². The zero-order valence-corrected chi connectivity index (χ0v) is 21.3. The van der Waals surface area contributed by atoms with Crippen molar-refractivity contribution in [2.45, 2.75) is 24.4 Å². The maximum absolute atomic E-state index is 13.6. The number of halogens is 1. The number of amides is 2. The molecule has 0 bridgehead atoms. The quantitative estimate of drug-likeness (QED) is 0.444. The molecule has 0 aliphatic rings. The van der Waals surface area contributed by atoms with E-state index in [2.05, 4.69) is 21.2 Å². The van der Waals surface area contributed by atoms with Crippen molar-refractivity contribution in [1.29, 1.82) is 0 Å². The summed E-state index contributed by atoms with van der Waals surface area (Å²) in [4.78, 5) is 27.5. The van der Waals surface area contributed by atoms with Gasteiger partial charge in [-0.2, -0.15) is 0 Å². The van der Waals surface area contributed by atoms with Gasteiger partial charge in [0.15, 0.2) is 0 Å². The highest BCUT2D eigenvalue weighted by Gasteiger charge is 2.32. The van der Waals surface area contributed by atoms with Crippen LogP contribution in [0.25, 0.3) is 0 Å². The van der Waals surface area contributed by atoms with Gasteiger partial charge in [0.25, 0.3) is 10.0 Å². The van der Waals surface area contributed by atoms with Gasteiger partial charge in [-0.1, -0.05) is 70.5 Å². The van der Waals surface area contributed by atoms with Crippen LogP contribution in [0.1, 0.15) is 12.5 Å². The van der Waals surface area contributed by atoms with E-state index < -0.39 is 28.5 Å². The lowest BCUT2D eigenvalue weighted by molar-refractivity contribution is -0.139. The van der Waals surface area contributed by atoms with Gasteiger partial charge in [0.05, 0.1) is 10.6 Å². The highest BCUT2D eigenvalue weighted by atomic mass is 79.9. The Kier molecular flexibility index (Phi) is 8.46. The number of sulfonamides is 1. The largest absolute Gasteiger partial charge is 0.357 e. The molecule has 0 aromatic heterocycles. The fraction of sp³-hybridized carbons (Fsp3) is 0.200. The minimum Gasteiger partial charge on any atom is -0.357 e. The van der Waals surface area contributed by atoms with E-state index in [0.717, 1.165) is 9.87 Å². The highest BCUT2D eigenvalue weighted by Crippen LogP contribution is 2.27. The van der Waals surface area contributed by atoms with Gasteiger partial charge < -0.3 is 10.2 Å². The molecule has 0 aliphatic carbocycles. The summed E-state index contributed by atoms with van der Waals surface area (Å²) in [6, 6.07) is 23.1. The monoisotopic (exact) mass is 543 g/mol. The zero-order valence-electron chi connectivity index (χ0n) is 18.9. The summed E-state index contributed by atoms with van der Waals surface area (Å²) in [5.41, 5.74) is 1.16. The van der Waals surface area contributed by atoms with Crippen molar-refractivity contribution < 1.29 is 18.0 Å². The second kappa shape index (κ2) is 11.3. The maximum Gasteiger partial charge on any atom is 0.264 e. The molecule has 1 atom stereocenters. The van der Waals surface area contributed by atoms with Gasteiger partial charge in [-0.05, 0) is 42.8 Å². The van der Waals surface area contributed by atoms with Crippen LogP contribution in [-0.2, 0) is 26.2 Å². The summed E-state index contributed by atoms with van der Waals surface area (Å²) in [5, 5.41) is 2.56. The van der Waals surface area contributed by atoms with Gasteiger partial charge in [-0.25, -0.2) is 8.42 Å². The first kappa shape index (κ1) is 25.5. The predicted octanol–water partition coefficient (Wildman–Crippen LogP) is 3.81. The van der Waals surface area contributed by atoms with E-state index in [4.69, 9.17) is 0 Å². The molecule has 9 heteroatoms. The van der Waals surface area contributed by atoms with Crippen molar-refractivity contribution >= 4 is 43.5 Å². The van der Waals surface area contributed by atoms with E-state index in [1.807, 2.05) is 30.3 Å². The third-order valence-corrected chi connectivity index (χ3v) is 7.60. The van der Waals surface area contributed by atoms with Crippen LogP contribution in [0.5, 0.6) is 0 Å². The van der Waals surface area contributed by atoms with Crippen LogP contribution in [0.15, 0.2) is 94.3 Å². The van der Waals surface area contributed by atoms with Crippen LogP contribution < -0.4 is 9.62 Å². The number of nitrogens with one attached hydrogen (secondary N) is 1. The summed E-state index contributed by atoms with van der Waals surface area (Å²) in [7, 11) is -2.56. The number of rotatable bonds is 9. The zero-order chi connectivity index (χ0) is 24.7. The van der Waals surface area contributed by atoms with Crippen LogP contribution in [0.3, 0.4) is 0 Å². The molecule has 0 spiro atoms. The van der Waals surface area contributed by atoms with Gasteiger partial charge in [-0.15, -0.1) is 0 Å². The standard InChI is InChI=1S/C25H26BrN3O4S/c1-19(25(31)27-2)28(17-20-10-5-3-6-11-20)24(30)18-29(22-13-9-12-21(26)16-22)34(32,33)23-14-7-4-8-15-23/h3-16,19H,17-18H2,1-2H3,(H,27,31). The Hall–Kier alpha value is -3.17. The van der Waals surface area contributed by atoms with Crippen LogP contribution in [0, 0.1) is 0 Å². The minimum atomic E-state index is -4.06. The smallest absolute Gasteiger partial charge is 0.264 e. The Bertz CT molecular complexity index is 1240. The van der Waals surface area contributed by atoms with Crippen molar-refractivity contribution in [3.8, 4) is 0 Å². The maximum atomic E-state index is 13.6. The van der Waals surface area contributed by atoms with Gasteiger partial charge in [0.2, 0.25) is 11.8 Å². The van der Waals surface area contributed by atoms with E-state index in [1.54, 1.807) is 49.4 Å². The molecule has 0 aliphatic heterocycles. The van der Waals surface area contributed by atoms with Crippen LogP contribution >= 0.6 is 15.9 Å². The first-order valence-corrected chi connectivity index (χ1v) is 12.9. The van der Waals surface area contributed by atoms with E-state index in [9.17, 15) is 18.0 Å². The molecule has 0 saturated carbocycles. The molecule has 7 nitrogen and oxygen atoms in total. The summed E-state index contributed by atoms with van der Waals surface area (Å²) in [6.45, 7) is 1.31. The molecular formula is C25H26BrN3O4S. The number of carbonyl (C=O) groups excluding carboxylic acids is 2. The lowest BCUT2D eigenvalue weighted by Gasteiger charge is -2.31. The molecular weight excluding hydrogens is 518 g/mol. The summed E-state index contributed by atoms with van der Waals surface area (Å²) >= 11 is 3.37. The molecule has 3 aromatic carbocycles. The molecule has 0 radical (unpaired) electrons. The predicted molar refractivity (Wildman–Crippen MR) is 136 cm³/mol. The SMILES string of the molecule is CNC(=O)C(C)N(Cc1ccccc1)C(=O)CN(c1cccc(Br)c1)S(=O)(=O)c1ccccc1. The van der Waals surface area contributed by atoms with Crippen LogP contribution in [-0.4, -0.2) is 44.8 Å². The number of nitrogens with zero attached hydrogens (tertiary/aromatic N) is 2. The number of anilines is 1. The molecule has 1 N–H and O–H groups in total. The Morgan fingerprint density at radius 3 is 2.15 bits per heavy atom. The summed E-state index contributed by atoms with van der Waals surface area (Å²) in [5.74, 6) is -0.844. The number of hydrogen-bond donors (Lipinski definition) is 1. The molecule has 2 amide bonds. The number of benzene rings is 3. The molecule has 1 unspecified atom stereocenters. The first-order chi connectivity index (χ1) is 16.2. The second-order valence-corrected chi connectivity index (χ2v) is 10.4. The lowest BCUT2D eigenvalue weighted by atomic mass is 10.1. The fourth-order valence-corrected chi connectivity index (χ4v) is 5.27. The Labute approximate surface area is 208 Å². The number of likely N-dealkylation sites (N-methyl/N-ethyl adjacent to an activating group) is 1. The molecule has 3 rings (SSSR count). The summed E-state index contributed by atoms with van der Waals surface area (Å²) < 4.78 is 28.9. The van der Waals surface area contributed by atoms with Gasteiger partial charge in [-0.3, -0.25) is 13.9 Å². The average Bonchev–Trinajstić information content (AvgIpc) is 2.85. The van der Waals surface area contributed by atoms with Crippen molar-refractivity contribution in [3.05, 3.63) is 95.0 Å². The van der Waals surface area contributed by atoms with Gasteiger partial charge >= 0.3 is 0 Å².